The summed E-state index contributed by atoms with van der Waals surface area (Å²) in [4.78, 5) is 24.5. The van der Waals surface area contributed by atoms with Gasteiger partial charge in [-0.3, -0.25) is 9.59 Å². The lowest BCUT2D eigenvalue weighted by molar-refractivity contribution is -0.123. The molecule has 4 rings (SSSR count). The number of ether oxygens (including phenoxy) is 1. The number of amides is 2. The van der Waals surface area contributed by atoms with Crippen molar-refractivity contribution >= 4 is 33.2 Å². The molecule has 2 aliphatic heterocycles. The van der Waals surface area contributed by atoms with Gasteiger partial charge in [0.15, 0.2) is 6.10 Å². The molecule has 31 heavy (non-hydrogen) atoms. The fourth-order valence-electron chi connectivity index (χ4n) is 3.88. The van der Waals surface area contributed by atoms with Gasteiger partial charge in [-0.2, -0.15) is 4.31 Å². The van der Waals surface area contributed by atoms with Crippen LogP contribution < -0.4 is 15.4 Å². The van der Waals surface area contributed by atoms with E-state index < -0.39 is 16.1 Å². The Bertz CT molecular complexity index is 1110. The fourth-order valence-corrected chi connectivity index (χ4v) is 5.58. The van der Waals surface area contributed by atoms with Crippen molar-refractivity contribution in [3.63, 3.8) is 0 Å². The zero-order valence-electron chi connectivity index (χ0n) is 17.4. The Kier molecular flexibility index (Phi) is 5.72. The summed E-state index contributed by atoms with van der Waals surface area (Å²) < 4.78 is 33.6. The van der Waals surface area contributed by atoms with Gasteiger partial charge in [0.1, 0.15) is 5.75 Å². The van der Waals surface area contributed by atoms with Gasteiger partial charge in [-0.1, -0.05) is 18.2 Å². The molecular weight excluding hydrogens is 418 g/mol. The van der Waals surface area contributed by atoms with Crippen LogP contribution >= 0.6 is 0 Å². The van der Waals surface area contributed by atoms with Crippen LogP contribution in [0.3, 0.4) is 0 Å². The van der Waals surface area contributed by atoms with Crippen LogP contribution in [0.5, 0.6) is 5.75 Å². The lowest BCUT2D eigenvalue weighted by atomic mass is 9.97. The van der Waals surface area contributed by atoms with E-state index in [1.165, 1.54) is 10.4 Å². The van der Waals surface area contributed by atoms with Crippen LogP contribution in [0, 0.1) is 12.8 Å². The number of para-hydroxylation sites is 1. The SMILES string of the molecule is Cc1cc2c(cc1S(=O)(=O)N1CCC(C(=O)Nc3ccccc3)CC1)O[C@@H](C)C(=O)N2. The summed E-state index contributed by atoms with van der Waals surface area (Å²) in [5.74, 6) is -0.256. The van der Waals surface area contributed by atoms with Gasteiger partial charge >= 0.3 is 0 Å². The summed E-state index contributed by atoms with van der Waals surface area (Å²) in [5, 5.41) is 5.62. The van der Waals surface area contributed by atoms with Crippen LogP contribution in [-0.4, -0.2) is 43.7 Å². The zero-order valence-corrected chi connectivity index (χ0v) is 18.2. The number of sulfonamides is 1. The minimum atomic E-state index is -3.76. The first-order valence-electron chi connectivity index (χ1n) is 10.2. The molecule has 1 atom stereocenters. The topological polar surface area (TPSA) is 105 Å². The molecule has 0 spiro atoms. The Labute approximate surface area is 181 Å². The highest BCUT2D eigenvalue weighted by Gasteiger charge is 2.34. The minimum absolute atomic E-state index is 0.0914. The first kappa shape index (κ1) is 21.3. The summed E-state index contributed by atoms with van der Waals surface area (Å²) in [7, 11) is -3.76. The molecule has 2 aromatic rings. The van der Waals surface area contributed by atoms with E-state index in [9.17, 15) is 18.0 Å². The lowest BCUT2D eigenvalue weighted by Crippen LogP contribution is -2.41. The van der Waals surface area contributed by atoms with E-state index in [1.807, 2.05) is 30.3 Å². The molecule has 0 unspecified atom stereocenters. The molecule has 0 aliphatic carbocycles. The number of fused-ring (bicyclic) bond motifs is 1. The van der Waals surface area contributed by atoms with Crippen molar-refractivity contribution in [1.82, 2.24) is 4.31 Å². The first-order valence-corrected chi connectivity index (χ1v) is 11.7. The van der Waals surface area contributed by atoms with E-state index in [2.05, 4.69) is 10.6 Å². The van der Waals surface area contributed by atoms with Crippen molar-refractivity contribution in [1.29, 1.82) is 0 Å². The third kappa shape index (κ3) is 4.28. The van der Waals surface area contributed by atoms with Crippen molar-refractivity contribution in [2.75, 3.05) is 23.7 Å². The van der Waals surface area contributed by atoms with Crippen molar-refractivity contribution in [2.24, 2.45) is 5.92 Å². The Morgan fingerprint density at radius 1 is 1.16 bits per heavy atom. The highest BCUT2D eigenvalue weighted by molar-refractivity contribution is 7.89. The molecule has 1 saturated heterocycles. The number of anilines is 2. The van der Waals surface area contributed by atoms with Gasteiger partial charge in [0.2, 0.25) is 15.9 Å². The average molecular weight is 444 g/mol. The number of carbonyl (C=O) groups excluding carboxylic acids is 2. The molecule has 0 aromatic heterocycles. The van der Waals surface area contributed by atoms with Gasteiger partial charge in [0.25, 0.3) is 5.91 Å². The standard InChI is InChI=1S/C22H25N3O5S/c1-14-12-18-19(30-15(2)21(26)24-18)13-20(14)31(28,29)25-10-8-16(9-11-25)22(27)23-17-6-4-3-5-7-17/h3-7,12-13,15-16H,8-11H2,1-2H3,(H,23,27)(H,24,26)/t15-/m0/s1. The third-order valence-electron chi connectivity index (χ3n) is 5.69. The van der Waals surface area contributed by atoms with Gasteiger partial charge in [0, 0.05) is 30.8 Å². The van der Waals surface area contributed by atoms with E-state index in [1.54, 1.807) is 19.9 Å². The normalized spacial score (nSPS) is 19.8. The maximum atomic E-state index is 13.3. The van der Waals surface area contributed by atoms with Crippen LogP contribution in [0.2, 0.25) is 0 Å². The van der Waals surface area contributed by atoms with E-state index in [0.717, 1.165) is 5.69 Å². The summed E-state index contributed by atoms with van der Waals surface area (Å²) in [5.41, 5.74) is 1.73. The first-order chi connectivity index (χ1) is 14.8. The van der Waals surface area contributed by atoms with Crippen molar-refractivity contribution < 1.29 is 22.7 Å². The maximum absolute atomic E-state index is 13.3. The Hall–Kier alpha value is -2.91. The van der Waals surface area contributed by atoms with E-state index in [0.29, 0.717) is 29.8 Å². The predicted molar refractivity (Wildman–Crippen MR) is 116 cm³/mol. The second-order valence-electron chi connectivity index (χ2n) is 7.90. The van der Waals surface area contributed by atoms with Gasteiger partial charge in [-0.25, -0.2) is 8.42 Å². The van der Waals surface area contributed by atoms with E-state index in [4.69, 9.17) is 4.74 Å². The van der Waals surface area contributed by atoms with Gasteiger partial charge in [-0.05, 0) is 50.5 Å². The second kappa shape index (κ2) is 8.32. The molecule has 0 saturated carbocycles. The summed E-state index contributed by atoms with van der Waals surface area (Å²) >= 11 is 0. The molecule has 1 fully saturated rings. The monoisotopic (exact) mass is 443 g/mol. The maximum Gasteiger partial charge on any atom is 0.265 e. The number of piperidine rings is 1. The fraction of sp³-hybridized carbons (Fsp3) is 0.364. The minimum Gasteiger partial charge on any atom is -0.479 e. The number of hydrogen-bond donors (Lipinski definition) is 2. The van der Waals surface area contributed by atoms with Crippen LogP contribution in [0.25, 0.3) is 0 Å². The van der Waals surface area contributed by atoms with Crippen molar-refractivity contribution in [3.05, 3.63) is 48.0 Å². The molecule has 0 bridgehead atoms. The van der Waals surface area contributed by atoms with Crippen LogP contribution in [-0.2, 0) is 19.6 Å². The lowest BCUT2D eigenvalue weighted by Gasteiger charge is -2.31. The van der Waals surface area contributed by atoms with Crippen molar-refractivity contribution in [2.45, 2.75) is 37.7 Å². The summed E-state index contributed by atoms with van der Waals surface area (Å²) in [6.45, 7) is 3.83. The predicted octanol–water partition coefficient (Wildman–Crippen LogP) is 2.75. The Balaban J connectivity index is 1.46. The molecule has 164 valence electrons. The molecule has 2 aromatic carbocycles. The van der Waals surface area contributed by atoms with E-state index >= 15 is 0 Å². The average Bonchev–Trinajstić information content (AvgIpc) is 2.75. The summed E-state index contributed by atoms with van der Waals surface area (Å²) in [6, 6.07) is 12.3. The number of aryl methyl sites for hydroxylation is 1. The molecule has 9 heteroatoms. The van der Waals surface area contributed by atoms with E-state index in [-0.39, 0.29) is 35.7 Å². The van der Waals surface area contributed by atoms with Gasteiger partial charge in [-0.15, -0.1) is 0 Å². The molecule has 8 nitrogen and oxygen atoms in total. The van der Waals surface area contributed by atoms with Gasteiger partial charge in [0.05, 0.1) is 10.6 Å². The largest absolute Gasteiger partial charge is 0.479 e. The van der Waals surface area contributed by atoms with Crippen molar-refractivity contribution in [3.8, 4) is 5.75 Å². The van der Waals surface area contributed by atoms with Crippen LogP contribution in [0.15, 0.2) is 47.4 Å². The highest BCUT2D eigenvalue weighted by Crippen LogP contribution is 2.36. The highest BCUT2D eigenvalue weighted by atomic mass is 32.2. The molecule has 0 radical (unpaired) electrons. The number of benzene rings is 2. The summed E-state index contributed by atoms with van der Waals surface area (Å²) in [6.07, 6.45) is 0.210. The van der Waals surface area contributed by atoms with Crippen LogP contribution in [0.4, 0.5) is 11.4 Å². The second-order valence-corrected chi connectivity index (χ2v) is 9.80. The quantitative estimate of drug-likeness (QED) is 0.756. The number of nitrogens with zero attached hydrogens (tertiary/aromatic N) is 1. The molecular formula is C22H25N3O5S. The number of nitrogens with one attached hydrogen (secondary N) is 2. The smallest absolute Gasteiger partial charge is 0.265 e. The Morgan fingerprint density at radius 2 is 1.84 bits per heavy atom. The molecule has 2 heterocycles. The van der Waals surface area contributed by atoms with Crippen LogP contribution in [0.1, 0.15) is 25.3 Å². The third-order valence-corrected chi connectivity index (χ3v) is 7.73. The molecule has 2 N–H and O–H groups in total. The number of carbonyl (C=O) groups is 2. The zero-order chi connectivity index (χ0) is 22.2. The molecule has 2 aliphatic rings. The number of hydrogen-bond acceptors (Lipinski definition) is 5. The molecule has 2 amide bonds. The number of rotatable bonds is 4. The Morgan fingerprint density at radius 3 is 2.52 bits per heavy atom. The van der Waals surface area contributed by atoms with Gasteiger partial charge < -0.3 is 15.4 Å².